The van der Waals surface area contributed by atoms with Crippen molar-refractivity contribution in [2.45, 2.75) is 23.8 Å². The number of methoxy groups -OCH3 is 1. The molecule has 2 rings (SSSR count). The SMILES string of the molecule is CNC[C@H]1CCCN1S(=O)(=O)c1ccc(OC)c(Cl)c1. The fraction of sp³-hybridized carbons (Fsp3) is 0.538. The second kappa shape index (κ2) is 6.30. The topological polar surface area (TPSA) is 58.6 Å². The van der Waals surface area contributed by atoms with Crippen LogP contribution in [0.2, 0.25) is 5.02 Å². The van der Waals surface area contributed by atoms with E-state index in [0.717, 1.165) is 12.8 Å². The lowest BCUT2D eigenvalue weighted by atomic mass is 10.2. The summed E-state index contributed by atoms with van der Waals surface area (Å²) in [5.41, 5.74) is 0. The Balaban J connectivity index is 2.32. The molecule has 112 valence electrons. The molecule has 7 heteroatoms. The number of benzene rings is 1. The molecule has 5 nitrogen and oxygen atoms in total. The van der Waals surface area contributed by atoms with E-state index in [9.17, 15) is 8.42 Å². The van der Waals surface area contributed by atoms with E-state index in [1.807, 2.05) is 7.05 Å². The molecule has 0 aliphatic carbocycles. The zero-order chi connectivity index (χ0) is 14.8. The lowest BCUT2D eigenvalue weighted by Crippen LogP contribution is -2.40. The lowest BCUT2D eigenvalue weighted by molar-refractivity contribution is 0.379. The van der Waals surface area contributed by atoms with Gasteiger partial charge < -0.3 is 10.1 Å². The van der Waals surface area contributed by atoms with Gasteiger partial charge in [-0.15, -0.1) is 0 Å². The average Bonchev–Trinajstić information content (AvgIpc) is 2.88. The molecule has 0 amide bonds. The largest absolute Gasteiger partial charge is 0.495 e. The van der Waals surface area contributed by atoms with Crippen molar-refractivity contribution in [3.63, 3.8) is 0 Å². The van der Waals surface area contributed by atoms with Gasteiger partial charge in [-0.2, -0.15) is 4.31 Å². The van der Waals surface area contributed by atoms with Crippen LogP contribution in [0.5, 0.6) is 5.75 Å². The Bertz CT molecular complexity index is 577. The van der Waals surface area contributed by atoms with E-state index < -0.39 is 10.0 Å². The van der Waals surface area contributed by atoms with Crippen molar-refractivity contribution >= 4 is 21.6 Å². The van der Waals surface area contributed by atoms with Gasteiger partial charge in [-0.1, -0.05) is 11.6 Å². The summed E-state index contributed by atoms with van der Waals surface area (Å²) >= 11 is 6.02. The van der Waals surface area contributed by atoms with E-state index in [1.165, 1.54) is 19.2 Å². The zero-order valence-electron chi connectivity index (χ0n) is 11.6. The molecule has 1 saturated heterocycles. The number of nitrogens with zero attached hydrogens (tertiary/aromatic N) is 1. The highest BCUT2D eigenvalue weighted by atomic mass is 35.5. The molecular weight excluding hydrogens is 300 g/mol. The molecule has 20 heavy (non-hydrogen) atoms. The second-order valence-electron chi connectivity index (χ2n) is 4.77. The second-order valence-corrected chi connectivity index (χ2v) is 7.06. The monoisotopic (exact) mass is 318 g/mol. The molecule has 0 unspecified atom stereocenters. The van der Waals surface area contributed by atoms with Crippen LogP contribution >= 0.6 is 11.6 Å². The highest BCUT2D eigenvalue weighted by Crippen LogP contribution is 2.31. The molecule has 0 spiro atoms. The van der Waals surface area contributed by atoms with Gasteiger partial charge in [0.1, 0.15) is 5.75 Å². The number of sulfonamides is 1. The molecule has 0 aromatic heterocycles. The van der Waals surface area contributed by atoms with Crippen molar-refractivity contribution in [2.24, 2.45) is 0 Å². The van der Waals surface area contributed by atoms with Gasteiger partial charge in [0.15, 0.2) is 0 Å². The Morgan fingerprint density at radius 1 is 1.50 bits per heavy atom. The number of hydrogen-bond acceptors (Lipinski definition) is 4. The number of nitrogens with one attached hydrogen (secondary N) is 1. The summed E-state index contributed by atoms with van der Waals surface area (Å²) in [7, 11) is -0.179. The van der Waals surface area contributed by atoms with E-state index in [4.69, 9.17) is 16.3 Å². The number of rotatable bonds is 5. The van der Waals surface area contributed by atoms with Crippen LogP contribution in [0.4, 0.5) is 0 Å². The van der Waals surface area contributed by atoms with E-state index in [1.54, 1.807) is 10.4 Å². The van der Waals surface area contributed by atoms with E-state index in [2.05, 4.69) is 5.32 Å². The van der Waals surface area contributed by atoms with Crippen molar-refractivity contribution < 1.29 is 13.2 Å². The van der Waals surface area contributed by atoms with Crippen LogP contribution in [0, 0.1) is 0 Å². The summed E-state index contributed by atoms with van der Waals surface area (Å²) < 4.78 is 31.9. The summed E-state index contributed by atoms with van der Waals surface area (Å²) in [6.45, 7) is 1.21. The number of ether oxygens (including phenoxy) is 1. The fourth-order valence-corrected chi connectivity index (χ4v) is 4.55. The summed E-state index contributed by atoms with van der Waals surface area (Å²) in [6, 6.07) is 4.57. The molecule has 0 bridgehead atoms. The average molecular weight is 319 g/mol. The van der Waals surface area contributed by atoms with Crippen molar-refractivity contribution in [1.82, 2.24) is 9.62 Å². The Morgan fingerprint density at radius 3 is 2.85 bits per heavy atom. The molecule has 1 fully saturated rings. The third-order valence-corrected chi connectivity index (χ3v) is 5.74. The Hall–Kier alpha value is -0.820. The van der Waals surface area contributed by atoms with E-state index in [-0.39, 0.29) is 10.9 Å². The van der Waals surface area contributed by atoms with Crippen LogP contribution in [-0.4, -0.2) is 46.0 Å². The predicted molar refractivity (Wildman–Crippen MR) is 78.8 cm³/mol. The van der Waals surface area contributed by atoms with Gasteiger partial charge in [-0.05, 0) is 38.1 Å². The quantitative estimate of drug-likeness (QED) is 0.898. The minimum atomic E-state index is -3.50. The minimum absolute atomic E-state index is 0.00544. The minimum Gasteiger partial charge on any atom is -0.495 e. The normalized spacial score (nSPS) is 20.2. The van der Waals surface area contributed by atoms with E-state index >= 15 is 0 Å². The van der Waals surface area contributed by atoms with Gasteiger partial charge in [0.2, 0.25) is 10.0 Å². The smallest absolute Gasteiger partial charge is 0.243 e. The van der Waals surface area contributed by atoms with Gasteiger partial charge >= 0.3 is 0 Å². The number of likely N-dealkylation sites (N-methyl/N-ethyl adjacent to an activating group) is 1. The lowest BCUT2D eigenvalue weighted by Gasteiger charge is -2.24. The van der Waals surface area contributed by atoms with Crippen LogP contribution in [0.3, 0.4) is 0 Å². The highest BCUT2D eigenvalue weighted by Gasteiger charge is 2.35. The standard InChI is InChI=1S/C13H19ClN2O3S/c1-15-9-10-4-3-7-16(10)20(17,18)11-5-6-13(19-2)12(14)8-11/h5-6,8,10,15H,3-4,7,9H2,1-2H3/t10-/m1/s1. The van der Waals surface area contributed by atoms with Gasteiger partial charge in [-0.25, -0.2) is 8.42 Å². The first-order valence-electron chi connectivity index (χ1n) is 6.50. The molecule has 1 aromatic rings. The highest BCUT2D eigenvalue weighted by molar-refractivity contribution is 7.89. The van der Waals surface area contributed by atoms with E-state index in [0.29, 0.717) is 23.9 Å². The first-order chi connectivity index (χ1) is 9.50. The van der Waals surface area contributed by atoms with Gasteiger partial charge in [-0.3, -0.25) is 0 Å². The summed E-state index contributed by atoms with van der Waals surface area (Å²) in [4.78, 5) is 0.214. The van der Waals surface area contributed by atoms with Gasteiger partial charge in [0, 0.05) is 19.1 Å². The molecular formula is C13H19ClN2O3S. The molecule has 0 saturated carbocycles. The molecule has 1 heterocycles. The van der Waals surface area contributed by atoms with Crippen molar-refractivity contribution in [3.8, 4) is 5.75 Å². The maximum absolute atomic E-state index is 12.7. The third-order valence-electron chi connectivity index (χ3n) is 3.49. The van der Waals surface area contributed by atoms with Gasteiger partial charge in [0.25, 0.3) is 0 Å². The first kappa shape index (κ1) is 15.6. The van der Waals surface area contributed by atoms with Crippen molar-refractivity contribution in [3.05, 3.63) is 23.2 Å². The number of hydrogen-bond donors (Lipinski definition) is 1. The maximum atomic E-state index is 12.7. The Morgan fingerprint density at radius 2 is 2.25 bits per heavy atom. The molecule has 1 N–H and O–H groups in total. The zero-order valence-corrected chi connectivity index (χ0v) is 13.2. The van der Waals surface area contributed by atoms with Crippen LogP contribution in [-0.2, 0) is 10.0 Å². The van der Waals surface area contributed by atoms with Crippen molar-refractivity contribution in [1.29, 1.82) is 0 Å². The van der Waals surface area contributed by atoms with Crippen molar-refractivity contribution in [2.75, 3.05) is 27.2 Å². The summed E-state index contributed by atoms with van der Waals surface area (Å²) in [5, 5.41) is 3.34. The molecule has 1 aromatic carbocycles. The molecule has 1 atom stereocenters. The first-order valence-corrected chi connectivity index (χ1v) is 8.32. The van der Waals surface area contributed by atoms with Gasteiger partial charge in [0.05, 0.1) is 17.0 Å². The Labute approximate surface area is 124 Å². The molecule has 1 aliphatic heterocycles. The Kier molecular flexibility index (Phi) is 4.90. The number of halogens is 1. The van der Waals surface area contributed by atoms with Crippen LogP contribution in [0.25, 0.3) is 0 Å². The van der Waals surface area contributed by atoms with Crippen LogP contribution in [0.1, 0.15) is 12.8 Å². The molecule has 1 aliphatic rings. The predicted octanol–water partition coefficient (Wildman–Crippen LogP) is 1.72. The maximum Gasteiger partial charge on any atom is 0.243 e. The third kappa shape index (κ3) is 2.93. The molecule has 0 radical (unpaired) electrons. The fourth-order valence-electron chi connectivity index (χ4n) is 2.51. The summed E-state index contributed by atoms with van der Waals surface area (Å²) in [6.07, 6.45) is 1.76. The van der Waals surface area contributed by atoms with Crippen LogP contribution < -0.4 is 10.1 Å². The van der Waals surface area contributed by atoms with Crippen LogP contribution in [0.15, 0.2) is 23.1 Å². The summed E-state index contributed by atoms with van der Waals surface area (Å²) in [5.74, 6) is 0.471.